The molecule has 1 aromatic carbocycles. The first-order valence-electron chi connectivity index (χ1n) is 18.9. The number of hydrogen-bond acceptors (Lipinski definition) is 12. The van der Waals surface area contributed by atoms with E-state index in [9.17, 15) is 34.8 Å². The number of carbonyl (C=O) groups is 4. The quantitative estimate of drug-likeness (QED) is 0.170. The summed E-state index contributed by atoms with van der Waals surface area (Å²) in [5.41, 5.74) is 1.90. The average molecular weight is 754 g/mol. The Morgan fingerprint density at radius 1 is 0.981 bits per heavy atom. The second kappa shape index (κ2) is 14.7. The summed E-state index contributed by atoms with van der Waals surface area (Å²) in [6.45, 7) is 4.48. The van der Waals surface area contributed by atoms with Crippen molar-refractivity contribution in [2.75, 3.05) is 40.5 Å². The molecule has 5 aliphatic rings. The zero-order chi connectivity index (χ0) is 38.7. The molecule has 12 nitrogen and oxygen atoms in total. The normalized spacial score (nSPS) is 29.8. The van der Waals surface area contributed by atoms with E-state index in [2.05, 4.69) is 0 Å². The molecule has 1 amide bonds. The highest BCUT2D eigenvalue weighted by molar-refractivity contribution is 7.99. The van der Waals surface area contributed by atoms with Gasteiger partial charge in [-0.25, -0.2) is 0 Å². The Hall–Kier alpha value is -3.39. The van der Waals surface area contributed by atoms with Crippen molar-refractivity contribution in [2.24, 2.45) is 23.5 Å². The Labute approximate surface area is 315 Å². The number of nitrogens with zero attached hydrogens (tertiary/aromatic N) is 2. The van der Waals surface area contributed by atoms with Gasteiger partial charge >= 0.3 is 5.97 Å². The van der Waals surface area contributed by atoms with Crippen molar-refractivity contribution in [1.82, 2.24) is 9.80 Å². The molecule has 13 heteroatoms. The lowest BCUT2D eigenvalue weighted by Crippen LogP contribution is -2.71. The second-order valence-electron chi connectivity index (χ2n) is 16.9. The molecule has 3 saturated carbocycles. The molecule has 0 aliphatic heterocycles. The second-order valence-corrected chi connectivity index (χ2v) is 18.2. The lowest BCUT2D eigenvalue weighted by Gasteiger charge is -2.55. The van der Waals surface area contributed by atoms with E-state index in [0.717, 1.165) is 44.9 Å². The van der Waals surface area contributed by atoms with Crippen LogP contribution in [0.25, 0.3) is 5.76 Å². The number of phenols is 1. The summed E-state index contributed by atoms with van der Waals surface area (Å²) >= 11 is 1.72. The number of ether oxygens (including phenoxy) is 1. The van der Waals surface area contributed by atoms with Crippen LogP contribution >= 0.6 is 11.8 Å². The standard InChI is InChI=1S/C40H55N3O9S/c1-39(2,19-42(3)4)24-17-16-22-23(18-53-21-14-10-11-15-21)25-27(32(45)26(22)31(24)44)35(47)40(51)29(34(25)52-38(50)20-12-8-7-9-13-20)30(43(5)6)33(46)28(36(40)48)37(41)49/h16-17,20-21,23,25,29-30,34,44-45,48,51H,7-15,18-19H2,1-6H3,(H2,41,49)/t23-,25+,29+,30-,34-,40-/m0/s1. The Kier molecular flexibility index (Phi) is 10.9. The molecule has 0 radical (unpaired) electrons. The van der Waals surface area contributed by atoms with Gasteiger partial charge in [-0.15, -0.1) is 0 Å². The number of aliphatic hydroxyl groups excluding tert-OH is 2. The molecule has 290 valence electrons. The van der Waals surface area contributed by atoms with Crippen LogP contribution in [-0.2, 0) is 29.3 Å². The first-order chi connectivity index (χ1) is 24.9. The largest absolute Gasteiger partial charge is 0.508 e. The van der Waals surface area contributed by atoms with Crippen LogP contribution in [0.2, 0.25) is 0 Å². The van der Waals surface area contributed by atoms with Crippen LogP contribution in [-0.4, -0.2) is 117 Å². The number of benzene rings is 1. The number of carbonyl (C=O) groups excluding carboxylic acids is 4. The van der Waals surface area contributed by atoms with E-state index in [1.165, 1.54) is 19.0 Å². The predicted molar refractivity (Wildman–Crippen MR) is 201 cm³/mol. The molecule has 5 aliphatic carbocycles. The zero-order valence-electron chi connectivity index (χ0n) is 31.7. The Morgan fingerprint density at radius 3 is 2.19 bits per heavy atom. The highest BCUT2D eigenvalue weighted by Crippen LogP contribution is 2.59. The van der Waals surface area contributed by atoms with Crippen molar-refractivity contribution in [3.8, 4) is 5.75 Å². The summed E-state index contributed by atoms with van der Waals surface area (Å²) in [6, 6.07) is 2.29. The van der Waals surface area contributed by atoms with Crippen molar-refractivity contribution in [1.29, 1.82) is 0 Å². The highest BCUT2D eigenvalue weighted by atomic mass is 32.2. The number of rotatable bonds is 10. The van der Waals surface area contributed by atoms with Crippen LogP contribution in [0.15, 0.2) is 29.0 Å². The van der Waals surface area contributed by atoms with Crippen molar-refractivity contribution in [2.45, 2.75) is 106 Å². The third kappa shape index (κ3) is 6.59. The fourth-order valence-corrected chi connectivity index (χ4v) is 11.6. The molecule has 6 atom stereocenters. The van der Waals surface area contributed by atoms with Crippen LogP contribution in [0, 0.1) is 17.8 Å². The fraction of sp³-hybridized carbons (Fsp3) is 0.650. The average Bonchev–Trinajstić information content (AvgIpc) is 3.60. The molecule has 6 N–H and O–H groups in total. The van der Waals surface area contributed by atoms with Gasteiger partial charge < -0.3 is 35.8 Å². The lowest BCUT2D eigenvalue weighted by atomic mass is 9.54. The molecule has 53 heavy (non-hydrogen) atoms. The SMILES string of the molecule is CN(C)CC(C)(C)c1ccc2c(c1O)C(O)=C1C(=O)[C@]3(O)C(O)=C(C(N)=O)C(=O)[C@@H](N(C)C)[C@@H]3[C@@H](OC(=O)C3CCCCC3)[C@@H]1[C@H]2CSC1CCCC1. The van der Waals surface area contributed by atoms with Gasteiger partial charge in [0.15, 0.2) is 11.4 Å². The molecule has 0 saturated heterocycles. The third-order valence-electron chi connectivity index (χ3n) is 12.4. The van der Waals surface area contributed by atoms with Crippen LogP contribution in [0.5, 0.6) is 5.75 Å². The van der Waals surface area contributed by atoms with Crippen LogP contribution in [0.4, 0.5) is 0 Å². The van der Waals surface area contributed by atoms with Gasteiger partial charge in [-0.05, 0) is 59.4 Å². The fourth-order valence-electron chi connectivity index (χ4n) is 10.0. The number of phenolic OH excluding ortho intramolecular Hbond substituents is 1. The summed E-state index contributed by atoms with van der Waals surface area (Å²) in [5.74, 6) is -9.26. The molecule has 6 rings (SSSR count). The summed E-state index contributed by atoms with van der Waals surface area (Å²) in [6.07, 6.45) is 6.62. The van der Waals surface area contributed by atoms with Crippen LogP contribution in [0.3, 0.4) is 0 Å². The van der Waals surface area contributed by atoms with Gasteiger partial charge in [0.05, 0.1) is 23.4 Å². The minimum Gasteiger partial charge on any atom is -0.508 e. The first kappa shape index (κ1) is 39.3. The Morgan fingerprint density at radius 2 is 1.60 bits per heavy atom. The number of aromatic hydroxyl groups is 1. The maximum absolute atomic E-state index is 15.1. The van der Waals surface area contributed by atoms with E-state index in [-0.39, 0.29) is 16.9 Å². The third-order valence-corrected chi connectivity index (χ3v) is 13.8. The number of fused-ring (bicyclic) bond motifs is 3. The molecule has 0 unspecified atom stereocenters. The maximum atomic E-state index is 15.1. The topological polar surface area (TPSA) is 191 Å². The van der Waals surface area contributed by atoms with Crippen molar-refractivity contribution < 1.29 is 44.3 Å². The van der Waals surface area contributed by atoms with Gasteiger partial charge in [-0.2, -0.15) is 11.8 Å². The van der Waals surface area contributed by atoms with Gasteiger partial charge in [0.2, 0.25) is 5.78 Å². The Bertz CT molecular complexity index is 1740. The molecule has 0 spiro atoms. The molecule has 0 heterocycles. The Balaban J connectivity index is 1.63. The minimum atomic E-state index is -2.98. The number of thioether (sulfide) groups is 1. The summed E-state index contributed by atoms with van der Waals surface area (Å²) in [4.78, 5) is 59.5. The molecule has 1 aromatic rings. The predicted octanol–water partition coefficient (Wildman–Crippen LogP) is 4.12. The smallest absolute Gasteiger partial charge is 0.309 e. The van der Waals surface area contributed by atoms with Gasteiger partial charge in [0, 0.05) is 45.9 Å². The summed E-state index contributed by atoms with van der Waals surface area (Å²) in [5, 5.41) is 49.1. The van der Waals surface area contributed by atoms with E-state index in [1.807, 2.05) is 45.0 Å². The van der Waals surface area contributed by atoms with E-state index in [1.54, 1.807) is 11.8 Å². The van der Waals surface area contributed by atoms with Gasteiger partial charge in [0.25, 0.3) is 5.91 Å². The van der Waals surface area contributed by atoms with E-state index in [4.69, 9.17) is 10.5 Å². The van der Waals surface area contributed by atoms with Crippen molar-refractivity contribution in [3.63, 3.8) is 0 Å². The lowest BCUT2D eigenvalue weighted by molar-refractivity contribution is -0.188. The van der Waals surface area contributed by atoms with Crippen LogP contribution in [0.1, 0.15) is 94.2 Å². The van der Waals surface area contributed by atoms with Gasteiger partial charge in [-0.3, -0.25) is 24.1 Å². The number of likely N-dealkylation sites (N-methyl/N-ethyl adjacent to an activating group) is 2. The number of aliphatic hydroxyl groups is 3. The number of Topliss-reactive ketones (excluding diaryl/α,β-unsaturated/α-hetero) is 2. The van der Waals surface area contributed by atoms with Crippen molar-refractivity contribution >= 4 is 41.0 Å². The van der Waals surface area contributed by atoms with Crippen LogP contribution < -0.4 is 5.73 Å². The molecular weight excluding hydrogens is 699 g/mol. The highest BCUT2D eigenvalue weighted by Gasteiger charge is 2.70. The number of primary amides is 1. The van der Waals surface area contributed by atoms with E-state index < -0.39 is 87.4 Å². The molecular formula is C40H55N3O9S. The summed E-state index contributed by atoms with van der Waals surface area (Å²) in [7, 11) is 6.91. The first-order valence-corrected chi connectivity index (χ1v) is 20.0. The van der Waals surface area contributed by atoms with Gasteiger partial charge in [0.1, 0.15) is 28.9 Å². The van der Waals surface area contributed by atoms with Gasteiger partial charge in [-0.1, -0.05) is 58.1 Å². The molecule has 0 aromatic heterocycles. The number of amides is 1. The number of ketones is 2. The zero-order valence-corrected chi connectivity index (χ0v) is 32.5. The minimum absolute atomic E-state index is 0.0417. The number of hydrogen-bond donors (Lipinski definition) is 5. The monoisotopic (exact) mass is 753 g/mol. The van der Waals surface area contributed by atoms with Crippen molar-refractivity contribution in [3.05, 3.63) is 45.7 Å². The summed E-state index contributed by atoms with van der Waals surface area (Å²) < 4.78 is 6.47. The molecule has 0 bridgehead atoms. The number of esters is 1. The number of nitrogens with two attached hydrogens (primary N) is 1. The van der Waals surface area contributed by atoms with E-state index in [0.29, 0.717) is 41.5 Å². The molecule has 3 fully saturated rings. The van der Waals surface area contributed by atoms with E-state index >= 15 is 4.79 Å². The maximum Gasteiger partial charge on any atom is 0.309 e.